The van der Waals surface area contributed by atoms with E-state index in [0.717, 1.165) is 57.7 Å². The SMILES string of the molecule is CCOC(=O)N1CCC(N2C[C@@H]3C[C@H](C2)c2ccc(-c4ncc[nH]4)c(=O)n2C3)CC1.O=CO. The number of rotatable bonds is 3. The summed E-state index contributed by atoms with van der Waals surface area (Å²) in [7, 11) is 0. The van der Waals surface area contributed by atoms with Crippen LogP contribution in [0.25, 0.3) is 11.4 Å². The number of aromatic nitrogens is 3. The molecule has 10 nitrogen and oxygen atoms in total. The van der Waals surface area contributed by atoms with Crippen LogP contribution >= 0.6 is 0 Å². The molecule has 0 saturated carbocycles. The molecule has 2 saturated heterocycles. The van der Waals surface area contributed by atoms with Crippen LogP contribution in [0, 0.1) is 5.92 Å². The molecule has 2 aromatic heterocycles. The van der Waals surface area contributed by atoms with Gasteiger partial charge in [0, 0.05) is 62.8 Å². The van der Waals surface area contributed by atoms with Gasteiger partial charge in [0.25, 0.3) is 12.0 Å². The van der Waals surface area contributed by atoms with Crippen LogP contribution in [0.1, 0.15) is 37.8 Å². The number of carboxylic acid groups (broad SMARTS) is 1. The highest BCUT2D eigenvalue weighted by Gasteiger charge is 2.38. The van der Waals surface area contributed by atoms with Crippen LogP contribution in [0.4, 0.5) is 4.79 Å². The molecular formula is C23H31N5O5. The minimum absolute atomic E-state index is 0.0633. The van der Waals surface area contributed by atoms with E-state index in [0.29, 0.717) is 35.9 Å². The number of piperidine rings is 2. The van der Waals surface area contributed by atoms with E-state index in [1.165, 1.54) is 0 Å². The molecule has 2 fully saturated rings. The first kappa shape index (κ1) is 23.0. The number of hydrogen-bond donors (Lipinski definition) is 2. The number of nitrogens with zero attached hydrogens (tertiary/aromatic N) is 4. The van der Waals surface area contributed by atoms with E-state index >= 15 is 0 Å². The van der Waals surface area contributed by atoms with E-state index in [1.807, 2.05) is 22.5 Å². The monoisotopic (exact) mass is 457 g/mol. The number of amides is 1. The average molecular weight is 458 g/mol. The number of pyridine rings is 1. The van der Waals surface area contributed by atoms with Crippen molar-refractivity contribution in [1.29, 1.82) is 0 Å². The van der Waals surface area contributed by atoms with Crippen LogP contribution in [-0.2, 0) is 16.1 Å². The average Bonchev–Trinajstić information content (AvgIpc) is 3.35. The van der Waals surface area contributed by atoms with Gasteiger partial charge >= 0.3 is 6.09 Å². The van der Waals surface area contributed by atoms with E-state index in [4.69, 9.17) is 14.6 Å². The summed E-state index contributed by atoms with van der Waals surface area (Å²) in [5.74, 6) is 1.52. The third-order valence-corrected chi connectivity index (χ3v) is 6.89. The maximum Gasteiger partial charge on any atom is 0.409 e. The minimum Gasteiger partial charge on any atom is -0.483 e. The summed E-state index contributed by atoms with van der Waals surface area (Å²) in [6, 6.07) is 4.54. The Bertz CT molecular complexity index is 1010. The molecule has 2 bridgehead atoms. The Morgan fingerprint density at radius 2 is 2.03 bits per heavy atom. The molecule has 0 radical (unpaired) electrons. The van der Waals surface area contributed by atoms with Crippen LogP contribution in [0.5, 0.6) is 0 Å². The molecule has 178 valence electrons. The van der Waals surface area contributed by atoms with Gasteiger partial charge in [0.15, 0.2) is 0 Å². The molecule has 5 rings (SSSR count). The predicted octanol–water partition coefficient (Wildman–Crippen LogP) is 1.98. The van der Waals surface area contributed by atoms with Crippen molar-refractivity contribution in [3.05, 3.63) is 40.6 Å². The van der Waals surface area contributed by atoms with Gasteiger partial charge in [-0.2, -0.15) is 0 Å². The first-order chi connectivity index (χ1) is 16.0. The number of imidazole rings is 1. The lowest BCUT2D eigenvalue weighted by Crippen LogP contribution is -2.53. The first-order valence-corrected chi connectivity index (χ1v) is 11.5. The number of nitrogens with one attached hydrogen (secondary N) is 1. The Balaban J connectivity index is 0.000000821. The van der Waals surface area contributed by atoms with Crippen LogP contribution < -0.4 is 5.56 Å². The second-order valence-corrected chi connectivity index (χ2v) is 8.80. The minimum atomic E-state index is -0.250. The Labute approximate surface area is 192 Å². The molecule has 10 heteroatoms. The molecule has 33 heavy (non-hydrogen) atoms. The Morgan fingerprint density at radius 3 is 2.70 bits per heavy atom. The highest BCUT2D eigenvalue weighted by Crippen LogP contribution is 2.37. The maximum absolute atomic E-state index is 13.1. The third-order valence-electron chi connectivity index (χ3n) is 6.89. The van der Waals surface area contributed by atoms with Gasteiger partial charge < -0.3 is 24.3 Å². The van der Waals surface area contributed by atoms with Gasteiger partial charge in [0.2, 0.25) is 0 Å². The highest BCUT2D eigenvalue weighted by molar-refractivity contribution is 5.67. The largest absolute Gasteiger partial charge is 0.483 e. The summed E-state index contributed by atoms with van der Waals surface area (Å²) >= 11 is 0. The lowest BCUT2D eigenvalue weighted by atomic mass is 9.81. The molecular weight excluding hydrogens is 426 g/mol. The van der Waals surface area contributed by atoms with Gasteiger partial charge in [-0.1, -0.05) is 0 Å². The number of likely N-dealkylation sites (tertiary alicyclic amines) is 2. The fourth-order valence-corrected chi connectivity index (χ4v) is 5.50. The first-order valence-electron chi connectivity index (χ1n) is 11.5. The van der Waals surface area contributed by atoms with Crippen molar-refractivity contribution in [3.63, 3.8) is 0 Å². The zero-order valence-corrected chi connectivity index (χ0v) is 18.9. The Kier molecular flexibility index (Phi) is 7.12. The molecule has 2 atom stereocenters. The lowest BCUT2D eigenvalue weighted by molar-refractivity contribution is -0.122. The van der Waals surface area contributed by atoms with Crippen molar-refractivity contribution < 1.29 is 19.4 Å². The topological polar surface area (TPSA) is 121 Å². The second kappa shape index (κ2) is 10.2. The molecule has 3 aliphatic heterocycles. The van der Waals surface area contributed by atoms with Crippen molar-refractivity contribution in [3.8, 4) is 11.4 Å². The van der Waals surface area contributed by atoms with Gasteiger partial charge in [-0.15, -0.1) is 0 Å². The number of aromatic amines is 1. The molecule has 1 amide bonds. The fraction of sp³-hybridized carbons (Fsp3) is 0.565. The van der Waals surface area contributed by atoms with Crippen molar-refractivity contribution in [2.45, 2.75) is 44.7 Å². The summed E-state index contributed by atoms with van der Waals surface area (Å²) < 4.78 is 7.13. The van der Waals surface area contributed by atoms with Gasteiger partial charge in [0.1, 0.15) is 5.82 Å². The molecule has 2 aromatic rings. The lowest BCUT2D eigenvalue weighted by Gasteiger charge is -2.47. The number of hydrogen-bond acceptors (Lipinski definition) is 6. The second-order valence-electron chi connectivity index (χ2n) is 8.80. The third kappa shape index (κ3) is 4.80. The van der Waals surface area contributed by atoms with Gasteiger partial charge in [-0.3, -0.25) is 14.5 Å². The van der Waals surface area contributed by atoms with Crippen molar-refractivity contribution in [2.75, 3.05) is 32.8 Å². The van der Waals surface area contributed by atoms with Gasteiger partial charge in [0.05, 0.1) is 12.2 Å². The van der Waals surface area contributed by atoms with Crippen LogP contribution in [0.3, 0.4) is 0 Å². The zero-order valence-electron chi connectivity index (χ0n) is 18.9. The normalized spacial score (nSPS) is 22.6. The number of carbonyl (C=O) groups excluding carboxylic acids is 1. The van der Waals surface area contributed by atoms with Crippen molar-refractivity contribution >= 4 is 12.6 Å². The quantitative estimate of drug-likeness (QED) is 0.676. The van der Waals surface area contributed by atoms with Crippen LogP contribution in [-0.4, -0.2) is 80.8 Å². The van der Waals surface area contributed by atoms with Crippen LogP contribution in [0.2, 0.25) is 0 Å². The summed E-state index contributed by atoms with van der Waals surface area (Å²) in [5.41, 5.74) is 1.86. The number of H-pyrrole nitrogens is 1. The van der Waals surface area contributed by atoms with E-state index < -0.39 is 0 Å². The molecule has 2 N–H and O–H groups in total. The Morgan fingerprint density at radius 1 is 1.27 bits per heavy atom. The summed E-state index contributed by atoms with van der Waals surface area (Å²) in [6.45, 7) is 6.33. The number of ether oxygens (including phenoxy) is 1. The molecule has 3 aliphatic rings. The number of fused-ring (bicyclic) bond motifs is 4. The summed E-state index contributed by atoms with van der Waals surface area (Å²) in [5, 5.41) is 6.89. The maximum atomic E-state index is 13.1. The van der Waals surface area contributed by atoms with E-state index in [1.54, 1.807) is 12.4 Å². The zero-order chi connectivity index (χ0) is 23.4. The molecule has 0 unspecified atom stereocenters. The Hall–Kier alpha value is -3.14. The fourth-order valence-electron chi connectivity index (χ4n) is 5.50. The van der Waals surface area contributed by atoms with Gasteiger partial charge in [-0.25, -0.2) is 9.78 Å². The highest BCUT2D eigenvalue weighted by atomic mass is 16.6. The summed E-state index contributed by atoms with van der Waals surface area (Å²) in [6.07, 6.45) is 6.37. The van der Waals surface area contributed by atoms with Crippen LogP contribution in [0.15, 0.2) is 29.3 Å². The number of carbonyl (C=O) groups is 2. The van der Waals surface area contributed by atoms with E-state index in [9.17, 15) is 9.59 Å². The molecule has 0 aromatic carbocycles. The van der Waals surface area contributed by atoms with Crippen molar-refractivity contribution in [2.24, 2.45) is 5.92 Å². The predicted molar refractivity (Wildman–Crippen MR) is 121 cm³/mol. The van der Waals surface area contributed by atoms with E-state index in [2.05, 4.69) is 20.9 Å². The summed E-state index contributed by atoms with van der Waals surface area (Å²) in [4.78, 5) is 45.2. The molecule has 0 spiro atoms. The van der Waals surface area contributed by atoms with Gasteiger partial charge in [-0.05, 0) is 44.2 Å². The molecule has 0 aliphatic carbocycles. The van der Waals surface area contributed by atoms with Crippen molar-refractivity contribution in [1.82, 2.24) is 24.3 Å². The smallest absolute Gasteiger partial charge is 0.409 e. The standard InChI is InChI=1S/C22H29N5O3.CH2O2/c1-2-30-22(29)25-9-5-17(6-10-25)26-12-15-11-16(14-26)19-4-3-18(20-23-7-8-24-20)21(28)27(19)13-15;2-1-3/h3-4,7-8,15-17H,2,5-6,9-14H2,1H3,(H,23,24);1H,(H,2,3)/t15-,16+;/m0./s1. The van der Waals surface area contributed by atoms with E-state index in [-0.39, 0.29) is 18.1 Å². The molecule has 5 heterocycles.